The van der Waals surface area contributed by atoms with E-state index in [9.17, 15) is 4.79 Å². The zero-order valence-corrected chi connectivity index (χ0v) is 13.9. The van der Waals surface area contributed by atoms with Crippen molar-refractivity contribution in [3.05, 3.63) is 0 Å². The minimum absolute atomic E-state index is 0.0372. The lowest BCUT2D eigenvalue weighted by Gasteiger charge is -2.34. The molecule has 0 unspecified atom stereocenters. The Bertz CT molecular complexity index is 220. The standard InChI is InChI=1S/C12H28O2Si2/c1-7-8-9-10-11-12(13)14-16(5,6)15(2,3)4/h7-11H2,1-6H3. The third kappa shape index (κ3) is 5.84. The van der Waals surface area contributed by atoms with Crippen LogP contribution in [0.2, 0.25) is 32.7 Å². The van der Waals surface area contributed by atoms with Crippen molar-refractivity contribution in [2.45, 2.75) is 71.8 Å². The second-order valence-electron chi connectivity index (χ2n) is 6.05. The molecule has 0 rings (SSSR count). The van der Waals surface area contributed by atoms with Gasteiger partial charge in [-0.3, -0.25) is 4.79 Å². The summed E-state index contributed by atoms with van der Waals surface area (Å²) in [6.45, 7) is 13.4. The predicted molar refractivity (Wildman–Crippen MR) is 75.7 cm³/mol. The highest BCUT2D eigenvalue weighted by Crippen LogP contribution is 2.20. The molecule has 0 amide bonds. The number of hydrogen-bond acceptors (Lipinski definition) is 2. The zero-order chi connectivity index (χ0) is 12.8. The fourth-order valence-corrected chi connectivity index (χ4v) is 3.42. The maximum absolute atomic E-state index is 11.7. The quantitative estimate of drug-likeness (QED) is 0.508. The third-order valence-electron chi connectivity index (χ3n) is 3.41. The molecule has 0 aromatic heterocycles. The highest BCUT2D eigenvalue weighted by molar-refractivity contribution is 7.38. The second kappa shape index (κ2) is 6.59. The monoisotopic (exact) mass is 260 g/mol. The molecule has 0 aromatic rings. The van der Waals surface area contributed by atoms with Crippen molar-refractivity contribution in [3.63, 3.8) is 0 Å². The normalized spacial score (nSPS) is 12.6. The lowest BCUT2D eigenvalue weighted by atomic mass is 10.2. The Kier molecular flexibility index (Phi) is 6.55. The summed E-state index contributed by atoms with van der Waals surface area (Å²) in [6.07, 6.45) is 5.19. The molecular weight excluding hydrogens is 232 g/mol. The van der Waals surface area contributed by atoms with Crippen LogP contribution in [0.5, 0.6) is 0 Å². The van der Waals surface area contributed by atoms with Crippen LogP contribution in [0.25, 0.3) is 0 Å². The van der Waals surface area contributed by atoms with E-state index in [-0.39, 0.29) is 5.97 Å². The van der Waals surface area contributed by atoms with Gasteiger partial charge < -0.3 is 4.43 Å². The van der Waals surface area contributed by atoms with E-state index in [0.29, 0.717) is 6.42 Å². The predicted octanol–water partition coefficient (Wildman–Crippen LogP) is 4.12. The highest BCUT2D eigenvalue weighted by Gasteiger charge is 2.41. The van der Waals surface area contributed by atoms with E-state index < -0.39 is 15.4 Å². The zero-order valence-electron chi connectivity index (χ0n) is 11.9. The molecule has 96 valence electrons. The summed E-state index contributed by atoms with van der Waals surface area (Å²) in [6, 6.07) is 0. The van der Waals surface area contributed by atoms with Crippen LogP contribution < -0.4 is 0 Å². The topological polar surface area (TPSA) is 26.3 Å². The van der Waals surface area contributed by atoms with Gasteiger partial charge in [0.05, 0.1) is 7.59 Å². The van der Waals surface area contributed by atoms with Gasteiger partial charge >= 0.3 is 0 Å². The van der Waals surface area contributed by atoms with Gasteiger partial charge in [0.2, 0.25) is 7.83 Å². The van der Waals surface area contributed by atoms with E-state index in [1.165, 1.54) is 12.8 Å². The van der Waals surface area contributed by atoms with E-state index in [1.54, 1.807) is 0 Å². The Balaban J connectivity index is 3.96. The van der Waals surface area contributed by atoms with Crippen molar-refractivity contribution >= 4 is 21.4 Å². The smallest absolute Gasteiger partial charge is 0.292 e. The molecule has 0 radical (unpaired) electrons. The molecule has 0 fully saturated rings. The SMILES string of the molecule is CCCCCCC(=O)O[Si](C)(C)[Si](C)(C)C. The molecule has 0 spiro atoms. The molecule has 2 nitrogen and oxygen atoms in total. The molecule has 0 aromatic carbocycles. The summed E-state index contributed by atoms with van der Waals surface area (Å²) < 4.78 is 5.74. The van der Waals surface area contributed by atoms with Gasteiger partial charge in [0.1, 0.15) is 0 Å². The van der Waals surface area contributed by atoms with Crippen molar-refractivity contribution in [3.8, 4) is 0 Å². The Morgan fingerprint density at radius 1 is 1.00 bits per heavy atom. The van der Waals surface area contributed by atoms with Crippen LogP contribution in [0.3, 0.4) is 0 Å². The van der Waals surface area contributed by atoms with Crippen LogP contribution in [0.15, 0.2) is 0 Å². The Hall–Kier alpha value is -0.0962. The minimum atomic E-state index is -1.75. The largest absolute Gasteiger partial charge is 0.522 e. The number of hydrogen-bond donors (Lipinski definition) is 0. The van der Waals surface area contributed by atoms with Gasteiger partial charge in [-0.25, -0.2) is 0 Å². The van der Waals surface area contributed by atoms with E-state index in [2.05, 4.69) is 39.7 Å². The summed E-state index contributed by atoms with van der Waals surface area (Å²) in [4.78, 5) is 11.7. The molecule has 0 atom stereocenters. The first-order chi connectivity index (χ1) is 7.20. The molecule has 0 N–H and O–H groups in total. The summed E-state index contributed by atoms with van der Waals surface area (Å²) >= 11 is 0. The molecule has 0 saturated carbocycles. The summed E-state index contributed by atoms with van der Waals surface area (Å²) in [7, 11) is -3.05. The van der Waals surface area contributed by atoms with Crippen LogP contribution in [0.1, 0.15) is 39.0 Å². The average Bonchev–Trinajstić information content (AvgIpc) is 2.10. The van der Waals surface area contributed by atoms with E-state index in [1.807, 2.05) is 0 Å². The number of rotatable bonds is 7. The molecule has 4 heteroatoms. The summed E-state index contributed by atoms with van der Waals surface area (Å²) in [5.41, 5.74) is 0. The number of unbranched alkanes of at least 4 members (excludes halogenated alkanes) is 3. The first-order valence-corrected chi connectivity index (χ1v) is 13.8. The maximum atomic E-state index is 11.7. The molecule has 0 saturated heterocycles. The molecule has 0 heterocycles. The fraction of sp³-hybridized carbons (Fsp3) is 0.917. The van der Waals surface area contributed by atoms with Crippen molar-refractivity contribution < 1.29 is 9.22 Å². The Morgan fingerprint density at radius 2 is 1.56 bits per heavy atom. The first kappa shape index (κ1) is 15.9. The van der Waals surface area contributed by atoms with Crippen LogP contribution in [-0.2, 0) is 9.22 Å². The maximum Gasteiger partial charge on any atom is 0.292 e. The van der Waals surface area contributed by atoms with Crippen LogP contribution in [0.4, 0.5) is 0 Å². The van der Waals surface area contributed by atoms with Crippen molar-refractivity contribution in [2.75, 3.05) is 0 Å². The van der Waals surface area contributed by atoms with E-state index >= 15 is 0 Å². The van der Waals surface area contributed by atoms with Gasteiger partial charge in [-0.2, -0.15) is 0 Å². The first-order valence-electron chi connectivity index (χ1n) is 6.42. The molecule has 16 heavy (non-hydrogen) atoms. The van der Waals surface area contributed by atoms with E-state index in [0.717, 1.165) is 12.8 Å². The molecular formula is C12H28O2Si2. The lowest BCUT2D eigenvalue weighted by molar-refractivity contribution is -0.135. The molecule has 0 bridgehead atoms. The third-order valence-corrected chi connectivity index (χ3v) is 18.9. The Morgan fingerprint density at radius 3 is 2.00 bits per heavy atom. The summed E-state index contributed by atoms with van der Waals surface area (Å²) in [5, 5.41) is 0. The number of carbonyl (C=O) groups excluding carboxylic acids is 1. The van der Waals surface area contributed by atoms with Crippen molar-refractivity contribution in [2.24, 2.45) is 0 Å². The van der Waals surface area contributed by atoms with E-state index in [4.69, 9.17) is 4.43 Å². The molecule has 0 aliphatic carbocycles. The van der Waals surface area contributed by atoms with Gasteiger partial charge in [0.15, 0.2) is 0 Å². The van der Waals surface area contributed by atoms with Crippen LogP contribution >= 0.6 is 0 Å². The van der Waals surface area contributed by atoms with Gasteiger partial charge in [-0.15, -0.1) is 0 Å². The van der Waals surface area contributed by atoms with Gasteiger partial charge in [-0.1, -0.05) is 45.8 Å². The van der Waals surface area contributed by atoms with Gasteiger partial charge in [0, 0.05) is 6.42 Å². The molecule has 0 aliphatic heterocycles. The van der Waals surface area contributed by atoms with Gasteiger partial charge in [0.25, 0.3) is 5.97 Å². The second-order valence-corrected chi connectivity index (χ2v) is 21.9. The van der Waals surface area contributed by atoms with Gasteiger partial charge in [-0.05, 0) is 19.5 Å². The average molecular weight is 261 g/mol. The highest BCUT2D eigenvalue weighted by atomic mass is 29.3. The minimum Gasteiger partial charge on any atom is -0.522 e. The Labute approximate surface area is 103 Å². The van der Waals surface area contributed by atoms with Crippen LogP contribution in [-0.4, -0.2) is 21.4 Å². The summed E-state index contributed by atoms with van der Waals surface area (Å²) in [5.74, 6) is 0.0372. The molecule has 0 aliphatic rings. The lowest BCUT2D eigenvalue weighted by Crippen LogP contribution is -2.55. The fourth-order valence-electron chi connectivity index (χ4n) is 1.18. The van der Waals surface area contributed by atoms with Crippen LogP contribution in [0, 0.1) is 0 Å². The number of carbonyl (C=O) groups is 1. The van der Waals surface area contributed by atoms with Crippen molar-refractivity contribution in [1.29, 1.82) is 0 Å². The van der Waals surface area contributed by atoms with Crippen molar-refractivity contribution in [1.82, 2.24) is 0 Å².